The zero-order valence-corrected chi connectivity index (χ0v) is 11.7. The quantitative estimate of drug-likeness (QED) is 0.922. The van der Waals surface area contributed by atoms with Crippen molar-refractivity contribution in [1.82, 2.24) is 4.90 Å². The van der Waals surface area contributed by atoms with Gasteiger partial charge in [0.25, 0.3) is 0 Å². The number of furan rings is 1. The number of hydrogen-bond donors (Lipinski definition) is 1. The fourth-order valence-electron chi connectivity index (χ4n) is 1.66. The molecule has 1 heterocycles. The van der Waals surface area contributed by atoms with Crippen LogP contribution in [-0.4, -0.2) is 24.4 Å². The summed E-state index contributed by atoms with van der Waals surface area (Å²) in [6.07, 6.45) is 1.55. The lowest BCUT2D eigenvalue weighted by Gasteiger charge is -2.16. The van der Waals surface area contributed by atoms with Gasteiger partial charge < -0.3 is 14.6 Å². The molecule has 0 fully saturated rings. The van der Waals surface area contributed by atoms with Gasteiger partial charge in [0.05, 0.1) is 25.0 Å². The van der Waals surface area contributed by atoms with Crippen LogP contribution >= 0.6 is 11.6 Å². The maximum Gasteiger partial charge on any atom is 0.242 e. The second-order valence-electron chi connectivity index (χ2n) is 4.31. The summed E-state index contributed by atoms with van der Waals surface area (Å²) in [5.74, 6) is 0.0615. The van der Waals surface area contributed by atoms with Crippen molar-refractivity contribution in [2.75, 3.05) is 18.9 Å². The fraction of sp³-hybridized carbons (Fsp3) is 0.214. The minimum absolute atomic E-state index is 0.0194. The van der Waals surface area contributed by atoms with Crippen molar-refractivity contribution in [2.24, 2.45) is 0 Å². The normalized spacial score (nSPS) is 10.3. The van der Waals surface area contributed by atoms with Gasteiger partial charge in [0.15, 0.2) is 0 Å². The molecule has 1 aromatic carbocycles. The first-order valence-electron chi connectivity index (χ1n) is 6.01. The van der Waals surface area contributed by atoms with Gasteiger partial charge in [0.2, 0.25) is 5.91 Å². The molecule has 1 N–H and O–H groups in total. The molecular weight excluding hydrogens is 283 g/mol. The average molecular weight is 297 g/mol. The van der Waals surface area contributed by atoms with Crippen molar-refractivity contribution in [2.45, 2.75) is 6.54 Å². The van der Waals surface area contributed by atoms with Crippen molar-refractivity contribution < 1.29 is 13.6 Å². The Morgan fingerprint density at radius 1 is 1.45 bits per heavy atom. The number of rotatable bonds is 5. The number of benzene rings is 1. The first-order chi connectivity index (χ1) is 9.56. The summed E-state index contributed by atoms with van der Waals surface area (Å²) in [5, 5.41) is 3.14. The molecule has 20 heavy (non-hydrogen) atoms. The van der Waals surface area contributed by atoms with Crippen molar-refractivity contribution in [3.8, 4) is 0 Å². The van der Waals surface area contributed by atoms with Gasteiger partial charge in [-0.1, -0.05) is 11.6 Å². The highest BCUT2D eigenvalue weighted by molar-refractivity contribution is 6.30. The second kappa shape index (κ2) is 6.43. The van der Waals surface area contributed by atoms with Crippen LogP contribution in [0.3, 0.4) is 0 Å². The molecule has 106 valence electrons. The molecule has 0 saturated carbocycles. The molecular formula is C14H14ClFN2O2. The van der Waals surface area contributed by atoms with E-state index < -0.39 is 5.82 Å². The summed E-state index contributed by atoms with van der Waals surface area (Å²) in [4.78, 5) is 13.4. The van der Waals surface area contributed by atoms with Gasteiger partial charge in [0, 0.05) is 12.1 Å². The first kappa shape index (κ1) is 14.4. The molecule has 0 aliphatic heterocycles. The summed E-state index contributed by atoms with van der Waals surface area (Å²) in [5.41, 5.74) is 0.206. The third-order valence-corrected chi connectivity index (χ3v) is 2.99. The largest absolute Gasteiger partial charge is 0.467 e. The molecule has 0 radical (unpaired) electrons. The van der Waals surface area contributed by atoms with Crippen LogP contribution in [0.4, 0.5) is 10.1 Å². The zero-order valence-electron chi connectivity index (χ0n) is 10.9. The van der Waals surface area contributed by atoms with Gasteiger partial charge in [-0.3, -0.25) is 4.79 Å². The van der Waals surface area contributed by atoms with Gasteiger partial charge in [-0.25, -0.2) is 4.39 Å². The Morgan fingerprint density at radius 3 is 2.95 bits per heavy atom. The number of amides is 1. The molecule has 0 bridgehead atoms. The minimum Gasteiger partial charge on any atom is -0.467 e. The van der Waals surface area contributed by atoms with E-state index in [0.717, 1.165) is 0 Å². The van der Waals surface area contributed by atoms with Crippen LogP contribution in [0.5, 0.6) is 0 Å². The summed E-state index contributed by atoms with van der Waals surface area (Å²) < 4.78 is 18.6. The standard InChI is InChI=1S/C14H14ClFN2O2/c1-18(9-11-3-2-6-20-11)14(19)8-17-13-7-10(15)4-5-12(13)16/h2-7,17H,8-9H2,1H3. The highest BCUT2D eigenvalue weighted by atomic mass is 35.5. The zero-order chi connectivity index (χ0) is 14.5. The Labute approximate surface area is 121 Å². The monoisotopic (exact) mass is 296 g/mol. The Morgan fingerprint density at radius 2 is 2.25 bits per heavy atom. The molecule has 4 nitrogen and oxygen atoms in total. The molecule has 2 rings (SSSR count). The Hall–Kier alpha value is -2.01. The predicted molar refractivity (Wildman–Crippen MR) is 75.1 cm³/mol. The summed E-state index contributed by atoms with van der Waals surface area (Å²) >= 11 is 5.78. The summed E-state index contributed by atoms with van der Waals surface area (Å²) in [6, 6.07) is 7.69. The first-order valence-corrected chi connectivity index (χ1v) is 6.39. The lowest BCUT2D eigenvalue weighted by atomic mass is 10.3. The second-order valence-corrected chi connectivity index (χ2v) is 4.74. The minimum atomic E-state index is -0.448. The van der Waals surface area contributed by atoms with E-state index in [4.69, 9.17) is 16.0 Å². The number of carbonyl (C=O) groups excluding carboxylic acids is 1. The lowest BCUT2D eigenvalue weighted by Crippen LogP contribution is -2.31. The Balaban J connectivity index is 1.89. The predicted octanol–water partition coefficient (Wildman–Crippen LogP) is 3.14. The molecule has 1 aromatic heterocycles. The molecule has 1 amide bonds. The van der Waals surface area contributed by atoms with E-state index in [-0.39, 0.29) is 18.1 Å². The van der Waals surface area contributed by atoms with E-state index in [1.165, 1.54) is 23.1 Å². The number of nitrogens with zero attached hydrogens (tertiary/aromatic N) is 1. The Bertz CT molecular complexity index is 587. The number of anilines is 1. The lowest BCUT2D eigenvalue weighted by molar-refractivity contribution is -0.128. The smallest absolute Gasteiger partial charge is 0.242 e. The van der Waals surface area contributed by atoms with Gasteiger partial charge in [-0.05, 0) is 30.3 Å². The molecule has 0 spiro atoms. The highest BCUT2D eigenvalue weighted by Gasteiger charge is 2.11. The topological polar surface area (TPSA) is 45.5 Å². The van der Waals surface area contributed by atoms with E-state index in [2.05, 4.69) is 5.32 Å². The number of carbonyl (C=O) groups is 1. The van der Waals surface area contributed by atoms with Crippen molar-refractivity contribution >= 4 is 23.2 Å². The van der Waals surface area contributed by atoms with Crippen LogP contribution in [0.15, 0.2) is 41.0 Å². The van der Waals surface area contributed by atoms with Crippen molar-refractivity contribution in [1.29, 1.82) is 0 Å². The van der Waals surface area contributed by atoms with Crippen molar-refractivity contribution in [3.05, 3.63) is 53.2 Å². The van der Waals surface area contributed by atoms with E-state index in [1.54, 1.807) is 25.4 Å². The maximum atomic E-state index is 13.5. The van der Waals surface area contributed by atoms with E-state index >= 15 is 0 Å². The fourth-order valence-corrected chi connectivity index (χ4v) is 1.84. The van der Waals surface area contributed by atoms with Crippen molar-refractivity contribution in [3.63, 3.8) is 0 Å². The average Bonchev–Trinajstić information content (AvgIpc) is 2.92. The molecule has 0 unspecified atom stereocenters. The molecule has 0 saturated heterocycles. The molecule has 0 aliphatic carbocycles. The number of halogens is 2. The van der Waals surface area contributed by atoms with Crippen LogP contribution in [0.25, 0.3) is 0 Å². The van der Waals surface area contributed by atoms with Gasteiger partial charge in [-0.2, -0.15) is 0 Å². The van der Waals surface area contributed by atoms with E-state index in [1.807, 2.05) is 0 Å². The van der Waals surface area contributed by atoms with Gasteiger partial charge in [-0.15, -0.1) is 0 Å². The number of likely N-dealkylation sites (N-methyl/N-ethyl adjacent to an activating group) is 1. The maximum absolute atomic E-state index is 13.5. The third kappa shape index (κ3) is 3.74. The Kier molecular flexibility index (Phi) is 4.63. The SMILES string of the molecule is CN(Cc1ccco1)C(=O)CNc1cc(Cl)ccc1F. The van der Waals surface area contributed by atoms with Crippen LogP contribution in [0.1, 0.15) is 5.76 Å². The van der Waals surface area contributed by atoms with Crippen LogP contribution in [0.2, 0.25) is 5.02 Å². The summed E-state index contributed by atoms with van der Waals surface area (Å²) in [7, 11) is 1.65. The third-order valence-electron chi connectivity index (χ3n) is 2.76. The van der Waals surface area contributed by atoms with Crippen LogP contribution in [0, 0.1) is 5.82 Å². The summed E-state index contributed by atoms with van der Waals surface area (Å²) in [6.45, 7) is 0.347. The van der Waals surface area contributed by atoms with Gasteiger partial charge in [0.1, 0.15) is 11.6 Å². The molecule has 2 aromatic rings. The van der Waals surface area contributed by atoms with Crippen LogP contribution in [-0.2, 0) is 11.3 Å². The molecule has 0 atom stereocenters. The van der Waals surface area contributed by atoms with Gasteiger partial charge >= 0.3 is 0 Å². The number of hydrogen-bond acceptors (Lipinski definition) is 3. The highest BCUT2D eigenvalue weighted by Crippen LogP contribution is 2.19. The van der Waals surface area contributed by atoms with Crippen LogP contribution < -0.4 is 5.32 Å². The number of nitrogens with one attached hydrogen (secondary N) is 1. The molecule has 6 heteroatoms. The van der Waals surface area contributed by atoms with E-state index in [9.17, 15) is 9.18 Å². The van der Waals surface area contributed by atoms with E-state index in [0.29, 0.717) is 17.3 Å². The molecule has 0 aliphatic rings.